The van der Waals surface area contributed by atoms with Gasteiger partial charge in [0.15, 0.2) is 0 Å². The molecule has 0 aliphatic carbocycles. The molecule has 5 heteroatoms. The largest absolute Gasteiger partial charge is 0.467 e. The topological polar surface area (TPSA) is 71.3 Å². The molecule has 1 aromatic heterocycles. The van der Waals surface area contributed by atoms with Crippen molar-refractivity contribution in [3.8, 4) is 0 Å². The zero-order valence-corrected chi connectivity index (χ0v) is 11.7. The van der Waals surface area contributed by atoms with Gasteiger partial charge in [-0.3, -0.25) is 9.59 Å². The van der Waals surface area contributed by atoms with Crippen molar-refractivity contribution in [2.24, 2.45) is 0 Å². The first-order valence-corrected chi connectivity index (χ1v) is 6.88. The molecule has 5 nitrogen and oxygen atoms in total. The van der Waals surface area contributed by atoms with E-state index in [2.05, 4.69) is 10.6 Å². The lowest BCUT2D eigenvalue weighted by atomic mass is 10.2. The van der Waals surface area contributed by atoms with E-state index >= 15 is 0 Å². The van der Waals surface area contributed by atoms with Crippen LogP contribution < -0.4 is 10.6 Å². The lowest BCUT2D eigenvalue weighted by Crippen LogP contribution is -2.27. The highest BCUT2D eigenvalue weighted by molar-refractivity contribution is 5.94. The minimum Gasteiger partial charge on any atom is -0.467 e. The van der Waals surface area contributed by atoms with Crippen LogP contribution in [0.2, 0.25) is 0 Å². The number of benzene rings is 1. The molecular formula is C16H18N2O3. The second-order valence-corrected chi connectivity index (χ2v) is 4.58. The summed E-state index contributed by atoms with van der Waals surface area (Å²) in [7, 11) is 0. The Morgan fingerprint density at radius 3 is 2.52 bits per heavy atom. The van der Waals surface area contributed by atoms with Crippen molar-refractivity contribution in [1.29, 1.82) is 0 Å². The van der Waals surface area contributed by atoms with Crippen molar-refractivity contribution in [3.63, 3.8) is 0 Å². The number of furan rings is 1. The first-order chi connectivity index (χ1) is 10.3. The minimum atomic E-state index is -0.119. The molecule has 110 valence electrons. The van der Waals surface area contributed by atoms with Crippen LogP contribution in [0.5, 0.6) is 0 Å². The number of amides is 2. The quantitative estimate of drug-likeness (QED) is 0.766. The van der Waals surface area contributed by atoms with Crippen LogP contribution in [0.4, 0.5) is 0 Å². The third-order valence-electron chi connectivity index (χ3n) is 2.94. The highest BCUT2D eigenvalue weighted by Crippen LogP contribution is 2.00. The lowest BCUT2D eigenvalue weighted by Gasteiger charge is -2.05. The molecule has 0 unspecified atom stereocenters. The molecule has 1 aromatic carbocycles. The van der Waals surface area contributed by atoms with Crippen molar-refractivity contribution >= 4 is 11.8 Å². The Morgan fingerprint density at radius 2 is 1.81 bits per heavy atom. The van der Waals surface area contributed by atoms with Gasteiger partial charge in [0.25, 0.3) is 5.91 Å². The van der Waals surface area contributed by atoms with Gasteiger partial charge in [-0.15, -0.1) is 0 Å². The monoisotopic (exact) mass is 286 g/mol. The Labute approximate surface area is 123 Å². The van der Waals surface area contributed by atoms with Gasteiger partial charge in [-0.25, -0.2) is 0 Å². The predicted octanol–water partition coefficient (Wildman–Crippen LogP) is 2.11. The van der Waals surface area contributed by atoms with Gasteiger partial charge in [0.1, 0.15) is 5.76 Å². The molecular weight excluding hydrogens is 268 g/mol. The maximum Gasteiger partial charge on any atom is 0.251 e. The summed E-state index contributed by atoms with van der Waals surface area (Å²) >= 11 is 0. The highest BCUT2D eigenvalue weighted by Gasteiger charge is 2.05. The van der Waals surface area contributed by atoms with Crippen LogP contribution in [0.3, 0.4) is 0 Å². The first-order valence-electron chi connectivity index (χ1n) is 6.88. The second-order valence-electron chi connectivity index (χ2n) is 4.58. The van der Waals surface area contributed by atoms with E-state index in [9.17, 15) is 9.59 Å². The Hall–Kier alpha value is -2.56. The maximum absolute atomic E-state index is 11.7. The average Bonchev–Trinajstić information content (AvgIpc) is 3.03. The molecule has 1 heterocycles. The molecule has 0 atom stereocenters. The van der Waals surface area contributed by atoms with Gasteiger partial charge in [-0.2, -0.15) is 0 Å². The van der Waals surface area contributed by atoms with Gasteiger partial charge < -0.3 is 15.1 Å². The Morgan fingerprint density at radius 1 is 1.00 bits per heavy atom. The molecule has 21 heavy (non-hydrogen) atoms. The third kappa shape index (κ3) is 5.14. The fourth-order valence-corrected chi connectivity index (χ4v) is 1.83. The first kappa shape index (κ1) is 14.8. The molecule has 2 rings (SSSR count). The van der Waals surface area contributed by atoms with Crippen molar-refractivity contribution in [2.45, 2.75) is 19.4 Å². The van der Waals surface area contributed by atoms with Gasteiger partial charge in [-0.1, -0.05) is 18.2 Å². The van der Waals surface area contributed by atoms with E-state index in [0.29, 0.717) is 31.5 Å². The second kappa shape index (κ2) is 7.89. The molecule has 2 amide bonds. The normalized spacial score (nSPS) is 10.1. The van der Waals surface area contributed by atoms with Gasteiger partial charge >= 0.3 is 0 Å². The summed E-state index contributed by atoms with van der Waals surface area (Å²) in [6.07, 6.45) is 2.54. The van der Waals surface area contributed by atoms with E-state index in [-0.39, 0.29) is 11.8 Å². The molecule has 2 aromatic rings. The van der Waals surface area contributed by atoms with E-state index in [0.717, 1.165) is 5.76 Å². The Balaban J connectivity index is 1.59. The zero-order chi connectivity index (χ0) is 14.9. The van der Waals surface area contributed by atoms with E-state index in [4.69, 9.17) is 4.42 Å². The van der Waals surface area contributed by atoms with Crippen molar-refractivity contribution in [3.05, 3.63) is 60.1 Å². The number of nitrogens with one attached hydrogen (secondary N) is 2. The van der Waals surface area contributed by atoms with Crippen LogP contribution in [0.25, 0.3) is 0 Å². The molecule has 0 radical (unpaired) electrons. The maximum atomic E-state index is 11.7. The third-order valence-corrected chi connectivity index (χ3v) is 2.94. The lowest BCUT2D eigenvalue weighted by molar-refractivity contribution is -0.121. The van der Waals surface area contributed by atoms with Crippen LogP contribution in [-0.2, 0) is 11.3 Å². The Bertz CT molecular complexity index is 564. The van der Waals surface area contributed by atoms with Gasteiger partial charge in [-0.05, 0) is 30.7 Å². The van der Waals surface area contributed by atoms with Gasteiger partial charge in [0.05, 0.1) is 12.8 Å². The van der Waals surface area contributed by atoms with E-state index in [1.54, 1.807) is 30.5 Å². The SMILES string of the molecule is O=C(CCCNC(=O)c1ccccc1)NCc1ccco1. The van der Waals surface area contributed by atoms with Crippen LogP contribution in [-0.4, -0.2) is 18.4 Å². The smallest absolute Gasteiger partial charge is 0.251 e. The number of rotatable bonds is 7. The molecule has 0 saturated carbocycles. The molecule has 0 bridgehead atoms. The number of carbonyl (C=O) groups is 2. The summed E-state index contributed by atoms with van der Waals surface area (Å²) in [5, 5.41) is 5.55. The van der Waals surface area contributed by atoms with E-state index < -0.39 is 0 Å². The predicted molar refractivity (Wildman–Crippen MR) is 78.6 cm³/mol. The minimum absolute atomic E-state index is 0.0552. The molecule has 0 aliphatic rings. The molecule has 0 fully saturated rings. The van der Waals surface area contributed by atoms with E-state index in [1.165, 1.54) is 0 Å². The fourth-order valence-electron chi connectivity index (χ4n) is 1.83. The summed E-state index contributed by atoms with van der Waals surface area (Å²) in [6.45, 7) is 0.865. The molecule has 2 N–H and O–H groups in total. The molecule has 0 spiro atoms. The summed E-state index contributed by atoms with van der Waals surface area (Å²) < 4.78 is 5.12. The molecule has 0 aliphatic heterocycles. The van der Waals surface area contributed by atoms with Crippen LogP contribution in [0, 0.1) is 0 Å². The summed E-state index contributed by atoms with van der Waals surface area (Å²) in [5.41, 5.74) is 0.625. The zero-order valence-electron chi connectivity index (χ0n) is 11.7. The van der Waals surface area contributed by atoms with Crippen LogP contribution in [0.1, 0.15) is 29.0 Å². The van der Waals surface area contributed by atoms with Crippen LogP contribution >= 0.6 is 0 Å². The van der Waals surface area contributed by atoms with Gasteiger partial charge in [0.2, 0.25) is 5.91 Å². The van der Waals surface area contributed by atoms with Gasteiger partial charge in [0, 0.05) is 18.5 Å². The summed E-state index contributed by atoms with van der Waals surface area (Å²) in [4.78, 5) is 23.3. The number of carbonyl (C=O) groups excluding carboxylic acids is 2. The van der Waals surface area contributed by atoms with E-state index in [1.807, 2.05) is 18.2 Å². The number of hydrogen-bond donors (Lipinski definition) is 2. The Kier molecular flexibility index (Phi) is 5.58. The summed E-state index contributed by atoms with van der Waals surface area (Å²) in [5.74, 6) is 0.549. The van der Waals surface area contributed by atoms with Crippen molar-refractivity contribution in [1.82, 2.24) is 10.6 Å². The summed E-state index contributed by atoms with van der Waals surface area (Å²) in [6, 6.07) is 12.6. The van der Waals surface area contributed by atoms with Crippen molar-refractivity contribution < 1.29 is 14.0 Å². The molecule has 0 saturated heterocycles. The fraction of sp³-hybridized carbons (Fsp3) is 0.250. The number of hydrogen-bond acceptors (Lipinski definition) is 3. The standard InChI is InChI=1S/C16H18N2O3/c19-15(18-12-14-8-5-11-21-14)9-4-10-17-16(20)13-6-2-1-3-7-13/h1-3,5-8,11H,4,9-10,12H2,(H,17,20)(H,18,19). The van der Waals surface area contributed by atoms with Crippen LogP contribution in [0.15, 0.2) is 53.1 Å². The highest BCUT2D eigenvalue weighted by atomic mass is 16.3. The average molecular weight is 286 g/mol. The van der Waals surface area contributed by atoms with Crippen molar-refractivity contribution in [2.75, 3.05) is 6.54 Å².